The van der Waals surface area contributed by atoms with Crippen molar-refractivity contribution in [1.82, 2.24) is 15.2 Å². The fraction of sp³-hybridized carbons (Fsp3) is 0.450. The van der Waals surface area contributed by atoms with Crippen LogP contribution in [0.1, 0.15) is 30.3 Å². The molecular formula is C20H27N5O2S. The van der Waals surface area contributed by atoms with Crippen LogP contribution in [0.25, 0.3) is 10.6 Å². The van der Waals surface area contributed by atoms with Gasteiger partial charge in [0.05, 0.1) is 18.8 Å². The number of nitrogens with zero attached hydrogens (tertiary/aromatic N) is 3. The van der Waals surface area contributed by atoms with Crippen molar-refractivity contribution in [2.45, 2.75) is 39.3 Å². The van der Waals surface area contributed by atoms with E-state index in [1.807, 2.05) is 32.0 Å². The molecular weight excluding hydrogens is 374 g/mol. The van der Waals surface area contributed by atoms with Gasteiger partial charge < -0.3 is 20.7 Å². The zero-order chi connectivity index (χ0) is 19.9. The number of carbonyl (C=O) groups excluding carboxylic acids is 1. The second-order valence-electron chi connectivity index (χ2n) is 6.70. The van der Waals surface area contributed by atoms with E-state index in [0.29, 0.717) is 32.2 Å². The molecule has 1 aromatic carbocycles. The maximum absolute atomic E-state index is 11.8. The van der Waals surface area contributed by atoms with Crippen LogP contribution in [0, 0.1) is 6.92 Å². The van der Waals surface area contributed by atoms with Crippen LogP contribution < -0.4 is 11.1 Å². The van der Waals surface area contributed by atoms with Gasteiger partial charge in [-0.25, -0.2) is 14.8 Å². The average molecular weight is 402 g/mol. The lowest BCUT2D eigenvalue weighted by atomic mass is 10.1. The van der Waals surface area contributed by atoms with E-state index in [0.717, 1.165) is 34.0 Å². The highest BCUT2D eigenvalue weighted by molar-refractivity contribution is 7.15. The second-order valence-corrected chi connectivity index (χ2v) is 7.78. The standard InChI is InChI=1S/C20H27N5O2S/c1-3-27-20(26)25-11-9-16(10-12-25)24-19(21)22-13-17-14(2)23-18(28-17)15-7-5-4-6-8-15/h4-8,16H,3,9-13H2,1-2H3,(H3,21,22,24). The van der Waals surface area contributed by atoms with E-state index < -0.39 is 0 Å². The van der Waals surface area contributed by atoms with Crippen LogP contribution in [0.5, 0.6) is 0 Å². The number of amides is 1. The first-order chi connectivity index (χ1) is 13.6. The maximum Gasteiger partial charge on any atom is 0.409 e. The second kappa shape index (κ2) is 9.54. The van der Waals surface area contributed by atoms with Gasteiger partial charge in [-0.1, -0.05) is 30.3 Å². The highest BCUT2D eigenvalue weighted by Gasteiger charge is 2.23. The number of hydrogen-bond donors (Lipinski definition) is 2. The fourth-order valence-electron chi connectivity index (χ4n) is 3.11. The summed E-state index contributed by atoms with van der Waals surface area (Å²) in [5.74, 6) is 0.434. The average Bonchev–Trinajstić information content (AvgIpc) is 3.08. The number of rotatable bonds is 5. The van der Waals surface area contributed by atoms with Crippen LogP contribution >= 0.6 is 11.3 Å². The number of thiazole rings is 1. The molecule has 1 aromatic heterocycles. The quantitative estimate of drug-likeness (QED) is 0.593. The van der Waals surface area contributed by atoms with E-state index in [2.05, 4.69) is 27.4 Å². The van der Waals surface area contributed by atoms with Crippen LogP contribution in [0.15, 0.2) is 35.3 Å². The van der Waals surface area contributed by atoms with Crippen molar-refractivity contribution < 1.29 is 9.53 Å². The molecule has 1 aliphatic rings. The lowest BCUT2D eigenvalue weighted by Gasteiger charge is -2.31. The topological polar surface area (TPSA) is 92.8 Å². The molecule has 0 aliphatic carbocycles. The third-order valence-electron chi connectivity index (χ3n) is 4.68. The molecule has 2 heterocycles. The van der Waals surface area contributed by atoms with Crippen molar-refractivity contribution in [3.05, 3.63) is 40.9 Å². The van der Waals surface area contributed by atoms with Gasteiger partial charge in [-0.05, 0) is 26.7 Å². The van der Waals surface area contributed by atoms with Gasteiger partial charge in [0.25, 0.3) is 0 Å². The van der Waals surface area contributed by atoms with E-state index >= 15 is 0 Å². The normalized spacial score (nSPS) is 15.5. The maximum atomic E-state index is 11.8. The van der Waals surface area contributed by atoms with Gasteiger partial charge in [-0.3, -0.25) is 0 Å². The molecule has 0 bridgehead atoms. The number of nitrogens with one attached hydrogen (secondary N) is 1. The van der Waals surface area contributed by atoms with Crippen LogP contribution in [-0.2, 0) is 11.3 Å². The number of likely N-dealkylation sites (tertiary alicyclic amines) is 1. The van der Waals surface area contributed by atoms with Gasteiger partial charge in [0.1, 0.15) is 5.01 Å². The predicted molar refractivity (Wildman–Crippen MR) is 112 cm³/mol. The smallest absolute Gasteiger partial charge is 0.409 e. The van der Waals surface area contributed by atoms with Gasteiger partial charge >= 0.3 is 6.09 Å². The summed E-state index contributed by atoms with van der Waals surface area (Å²) in [5.41, 5.74) is 8.19. The Kier molecular flexibility index (Phi) is 6.86. The third-order valence-corrected chi connectivity index (χ3v) is 5.87. The Morgan fingerprint density at radius 1 is 1.36 bits per heavy atom. The van der Waals surface area contributed by atoms with E-state index in [4.69, 9.17) is 10.5 Å². The zero-order valence-electron chi connectivity index (χ0n) is 16.4. The largest absolute Gasteiger partial charge is 0.450 e. The number of benzene rings is 1. The summed E-state index contributed by atoms with van der Waals surface area (Å²) in [7, 11) is 0. The van der Waals surface area contributed by atoms with Crippen molar-refractivity contribution in [1.29, 1.82) is 0 Å². The number of aromatic nitrogens is 1. The highest BCUT2D eigenvalue weighted by Crippen LogP contribution is 2.28. The summed E-state index contributed by atoms with van der Waals surface area (Å²) in [5, 5.41) is 4.27. The molecule has 0 saturated carbocycles. The molecule has 8 heteroatoms. The van der Waals surface area contributed by atoms with Crippen LogP contribution in [0.4, 0.5) is 4.79 Å². The summed E-state index contributed by atoms with van der Waals surface area (Å²) < 4.78 is 5.04. The molecule has 28 heavy (non-hydrogen) atoms. The fourth-order valence-corrected chi connectivity index (χ4v) is 4.10. The number of piperidine rings is 1. The number of aryl methyl sites for hydroxylation is 1. The van der Waals surface area contributed by atoms with Gasteiger partial charge in [-0.15, -0.1) is 11.3 Å². The van der Waals surface area contributed by atoms with Gasteiger partial charge in [-0.2, -0.15) is 0 Å². The Balaban J connectivity index is 1.52. The van der Waals surface area contributed by atoms with Crippen LogP contribution in [0.3, 0.4) is 0 Å². The number of carbonyl (C=O) groups is 1. The number of hydrogen-bond acceptors (Lipinski definition) is 5. The number of aliphatic imine (C=N–C) groups is 1. The Hall–Kier alpha value is -2.61. The van der Waals surface area contributed by atoms with Crippen molar-refractivity contribution in [3.63, 3.8) is 0 Å². The lowest BCUT2D eigenvalue weighted by molar-refractivity contribution is 0.0963. The minimum absolute atomic E-state index is 0.219. The first-order valence-electron chi connectivity index (χ1n) is 9.56. The first kappa shape index (κ1) is 20.1. The Labute approximate surface area is 169 Å². The molecule has 1 fully saturated rings. The van der Waals surface area contributed by atoms with E-state index in [-0.39, 0.29) is 12.1 Å². The summed E-state index contributed by atoms with van der Waals surface area (Å²) in [6.07, 6.45) is 1.41. The molecule has 150 valence electrons. The number of ether oxygens (including phenoxy) is 1. The van der Waals surface area contributed by atoms with E-state index in [1.54, 1.807) is 16.2 Å². The van der Waals surface area contributed by atoms with E-state index in [1.165, 1.54) is 0 Å². The zero-order valence-corrected chi connectivity index (χ0v) is 17.2. The molecule has 1 amide bonds. The third kappa shape index (κ3) is 5.22. The summed E-state index contributed by atoms with van der Waals surface area (Å²) >= 11 is 1.65. The van der Waals surface area contributed by atoms with Gasteiger partial charge in [0.2, 0.25) is 0 Å². The molecule has 3 N–H and O–H groups in total. The predicted octanol–water partition coefficient (Wildman–Crippen LogP) is 3.14. The minimum Gasteiger partial charge on any atom is -0.450 e. The monoisotopic (exact) mass is 401 g/mol. The van der Waals surface area contributed by atoms with Crippen molar-refractivity contribution in [3.8, 4) is 10.6 Å². The van der Waals surface area contributed by atoms with Crippen molar-refractivity contribution in [2.24, 2.45) is 10.7 Å². The molecule has 2 aromatic rings. The summed E-state index contributed by atoms with van der Waals surface area (Å²) in [6, 6.07) is 10.4. The van der Waals surface area contributed by atoms with Crippen molar-refractivity contribution >= 4 is 23.4 Å². The Morgan fingerprint density at radius 3 is 2.75 bits per heavy atom. The van der Waals surface area contributed by atoms with Crippen molar-refractivity contribution in [2.75, 3.05) is 19.7 Å². The van der Waals surface area contributed by atoms with Crippen LogP contribution in [0.2, 0.25) is 0 Å². The molecule has 0 unspecified atom stereocenters. The van der Waals surface area contributed by atoms with Crippen LogP contribution in [-0.4, -0.2) is 47.7 Å². The Bertz CT molecular complexity index is 813. The first-order valence-corrected chi connectivity index (χ1v) is 10.4. The molecule has 0 radical (unpaired) electrons. The molecule has 0 spiro atoms. The van der Waals surface area contributed by atoms with E-state index in [9.17, 15) is 4.79 Å². The molecule has 1 aliphatic heterocycles. The van der Waals surface area contributed by atoms with Gasteiger partial charge in [0, 0.05) is 29.6 Å². The molecule has 1 saturated heterocycles. The molecule has 3 rings (SSSR count). The highest BCUT2D eigenvalue weighted by atomic mass is 32.1. The Morgan fingerprint density at radius 2 is 2.07 bits per heavy atom. The SMILES string of the molecule is CCOC(=O)N1CCC(NC(N)=NCc2sc(-c3ccccc3)nc2C)CC1. The molecule has 7 nitrogen and oxygen atoms in total. The number of nitrogens with two attached hydrogens (primary N) is 1. The molecule has 0 atom stereocenters. The lowest BCUT2D eigenvalue weighted by Crippen LogP contribution is -2.48. The minimum atomic E-state index is -0.238. The number of guanidine groups is 1. The summed E-state index contributed by atoms with van der Waals surface area (Å²) in [4.78, 5) is 23.7. The van der Waals surface area contributed by atoms with Gasteiger partial charge in [0.15, 0.2) is 5.96 Å². The summed E-state index contributed by atoms with van der Waals surface area (Å²) in [6.45, 7) is 6.06.